The fourth-order valence-electron chi connectivity index (χ4n) is 2.08. The molecule has 0 aliphatic heterocycles. The molecule has 2 rings (SSSR count). The molecule has 0 spiro atoms. The number of hydrogen-bond acceptors (Lipinski definition) is 4. The third-order valence-electron chi connectivity index (χ3n) is 3.20. The van der Waals surface area contributed by atoms with Gasteiger partial charge in [0.1, 0.15) is 5.76 Å². The van der Waals surface area contributed by atoms with Gasteiger partial charge in [-0.25, -0.2) is 4.79 Å². The van der Waals surface area contributed by atoms with Crippen molar-refractivity contribution in [2.24, 2.45) is 5.73 Å². The van der Waals surface area contributed by atoms with Crippen molar-refractivity contribution in [1.29, 1.82) is 0 Å². The van der Waals surface area contributed by atoms with E-state index in [1.807, 2.05) is 48.2 Å². The predicted molar refractivity (Wildman–Crippen MR) is 83.3 cm³/mol. The van der Waals surface area contributed by atoms with Crippen LogP contribution in [0.15, 0.2) is 47.1 Å². The van der Waals surface area contributed by atoms with Crippen molar-refractivity contribution in [3.05, 3.63) is 54.0 Å². The number of primary amides is 1. The maximum Gasteiger partial charge on any atom is 0.318 e. The largest absolute Gasteiger partial charge is 0.467 e. The summed E-state index contributed by atoms with van der Waals surface area (Å²) < 4.78 is 5.36. The summed E-state index contributed by atoms with van der Waals surface area (Å²) in [7, 11) is 0. The highest BCUT2D eigenvalue weighted by atomic mass is 16.3. The molecule has 0 saturated carbocycles. The Balaban J connectivity index is 2.06. The van der Waals surface area contributed by atoms with Crippen molar-refractivity contribution in [3.8, 4) is 0 Å². The normalized spacial score (nSPS) is 10.2. The Hall–Kier alpha value is -2.76. The second kappa shape index (κ2) is 7.31. The highest BCUT2D eigenvalue weighted by Gasteiger charge is 2.12. The molecule has 0 bridgehead atoms. The Morgan fingerprint density at radius 2 is 1.95 bits per heavy atom. The van der Waals surface area contributed by atoms with E-state index < -0.39 is 11.9 Å². The number of hydrogen-bond donors (Lipinski definition) is 2. The zero-order chi connectivity index (χ0) is 15.9. The van der Waals surface area contributed by atoms with Gasteiger partial charge in [-0.1, -0.05) is 17.7 Å². The van der Waals surface area contributed by atoms with E-state index in [2.05, 4.69) is 5.32 Å². The molecule has 0 fully saturated rings. The molecular weight excluding hydrogens is 282 g/mol. The third-order valence-corrected chi connectivity index (χ3v) is 3.20. The van der Waals surface area contributed by atoms with Gasteiger partial charge in [0.05, 0.1) is 12.8 Å². The molecule has 0 unspecified atom stereocenters. The molecule has 3 amide bonds. The minimum atomic E-state index is -0.835. The van der Waals surface area contributed by atoms with Crippen LogP contribution in [0.3, 0.4) is 0 Å². The fourth-order valence-corrected chi connectivity index (χ4v) is 2.08. The molecule has 0 atom stereocenters. The standard InChI is InChI=1S/C16H19N3O3/c1-12-4-6-13(7-5-12)19(11-14-3-2-10-22-14)9-8-15(20)18-16(17)21/h2-7,10H,8-9,11H2,1H3,(H3,17,18,20,21). The van der Waals surface area contributed by atoms with Crippen LogP contribution in [-0.4, -0.2) is 18.5 Å². The van der Waals surface area contributed by atoms with E-state index in [9.17, 15) is 9.59 Å². The van der Waals surface area contributed by atoms with Crippen LogP contribution in [0.25, 0.3) is 0 Å². The molecule has 0 aliphatic carbocycles. The summed E-state index contributed by atoms with van der Waals surface area (Å²) in [6, 6.07) is 10.9. The Morgan fingerprint density at radius 1 is 1.23 bits per heavy atom. The van der Waals surface area contributed by atoms with Crippen LogP contribution in [0.2, 0.25) is 0 Å². The van der Waals surface area contributed by atoms with Gasteiger partial charge in [-0.3, -0.25) is 10.1 Å². The Kier molecular flexibility index (Phi) is 5.19. The van der Waals surface area contributed by atoms with E-state index in [0.717, 1.165) is 17.0 Å². The number of furan rings is 1. The highest BCUT2D eigenvalue weighted by Crippen LogP contribution is 2.18. The lowest BCUT2D eigenvalue weighted by Crippen LogP contribution is -2.37. The number of nitrogens with two attached hydrogens (primary N) is 1. The number of benzene rings is 1. The topological polar surface area (TPSA) is 88.6 Å². The van der Waals surface area contributed by atoms with E-state index in [1.54, 1.807) is 6.26 Å². The molecule has 3 N–H and O–H groups in total. The van der Waals surface area contributed by atoms with E-state index in [4.69, 9.17) is 10.2 Å². The Labute approximate surface area is 128 Å². The summed E-state index contributed by atoms with van der Waals surface area (Å²) in [5, 5.41) is 2.07. The number of anilines is 1. The van der Waals surface area contributed by atoms with Gasteiger partial charge < -0.3 is 15.1 Å². The van der Waals surface area contributed by atoms with Crippen molar-refractivity contribution in [3.63, 3.8) is 0 Å². The molecule has 1 heterocycles. The first-order valence-corrected chi connectivity index (χ1v) is 6.98. The number of carbonyl (C=O) groups is 2. The van der Waals surface area contributed by atoms with Gasteiger partial charge in [-0.15, -0.1) is 0 Å². The van der Waals surface area contributed by atoms with Gasteiger partial charge in [-0.05, 0) is 31.2 Å². The average Bonchev–Trinajstić information content (AvgIpc) is 2.96. The van der Waals surface area contributed by atoms with Gasteiger partial charge in [-0.2, -0.15) is 0 Å². The van der Waals surface area contributed by atoms with Crippen molar-refractivity contribution >= 4 is 17.6 Å². The van der Waals surface area contributed by atoms with Crippen molar-refractivity contribution in [2.75, 3.05) is 11.4 Å². The smallest absolute Gasteiger partial charge is 0.318 e. The minimum absolute atomic E-state index is 0.164. The van der Waals surface area contributed by atoms with E-state index >= 15 is 0 Å². The number of carbonyl (C=O) groups excluding carboxylic acids is 2. The number of urea groups is 1. The number of nitrogens with zero attached hydrogens (tertiary/aromatic N) is 1. The molecule has 6 heteroatoms. The zero-order valence-electron chi connectivity index (χ0n) is 12.4. The van der Waals surface area contributed by atoms with Crippen LogP contribution < -0.4 is 16.0 Å². The molecule has 22 heavy (non-hydrogen) atoms. The first-order valence-electron chi connectivity index (χ1n) is 6.98. The van der Waals surface area contributed by atoms with Crippen LogP contribution in [0.4, 0.5) is 10.5 Å². The van der Waals surface area contributed by atoms with Gasteiger partial charge in [0, 0.05) is 18.7 Å². The highest BCUT2D eigenvalue weighted by molar-refractivity contribution is 5.93. The molecule has 116 valence electrons. The quantitative estimate of drug-likeness (QED) is 0.856. The molecule has 1 aromatic heterocycles. The third kappa shape index (κ3) is 4.66. The van der Waals surface area contributed by atoms with Gasteiger partial charge in [0.2, 0.25) is 5.91 Å². The lowest BCUT2D eigenvalue weighted by Gasteiger charge is -2.23. The monoisotopic (exact) mass is 301 g/mol. The molecule has 0 radical (unpaired) electrons. The second-order valence-corrected chi connectivity index (χ2v) is 5.00. The summed E-state index contributed by atoms with van der Waals surface area (Å²) in [6.45, 7) is 3.00. The lowest BCUT2D eigenvalue weighted by atomic mass is 10.2. The van der Waals surface area contributed by atoms with E-state index in [-0.39, 0.29) is 6.42 Å². The number of amides is 3. The first kappa shape index (κ1) is 15.6. The van der Waals surface area contributed by atoms with Crippen molar-refractivity contribution < 1.29 is 14.0 Å². The van der Waals surface area contributed by atoms with Crippen LogP contribution in [0.5, 0.6) is 0 Å². The van der Waals surface area contributed by atoms with Crippen LogP contribution in [-0.2, 0) is 11.3 Å². The van der Waals surface area contributed by atoms with Crippen molar-refractivity contribution in [2.45, 2.75) is 19.9 Å². The molecule has 1 aromatic carbocycles. The van der Waals surface area contributed by atoms with Crippen LogP contribution in [0, 0.1) is 6.92 Å². The number of rotatable bonds is 6. The molecule has 2 aromatic rings. The first-order chi connectivity index (χ1) is 10.5. The minimum Gasteiger partial charge on any atom is -0.467 e. The van der Waals surface area contributed by atoms with Gasteiger partial charge in [0.15, 0.2) is 0 Å². The Morgan fingerprint density at radius 3 is 2.55 bits per heavy atom. The van der Waals surface area contributed by atoms with Crippen LogP contribution >= 0.6 is 0 Å². The molecular formula is C16H19N3O3. The fraction of sp³-hybridized carbons (Fsp3) is 0.250. The van der Waals surface area contributed by atoms with Crippen LogP contribution in [0.1, 0.15) is 17.7 Å². The molecule has 6 nitrogen and oxygen atoms in total. The lowest BCUT2D eigenvalue weighted by molar-refractivity contribution is -0.119. The summed E-state index contributed by atoms with van der Waals surface area (Å²) in [5.74, 6) is 0.403. The number of aryl methyl sites for hydroxylation is 1. The maximum absolute atomic E-state index is 11.6. The maximum atomic E-state index is 11.6. The second-order valence-electron chi connectivity index (χ2n) is 5.00. The summed E-state index contributed by atoms with van der Waals surface area (Å²) in [6.07, 6.45) is 1.78. The van der Waals surface area contributed by atoms with E-state index in [1.165, 1.54) is 0 Å². The summed E-state index contributed by atoms with van der Waals surface area (Å²) in [4.78, 5) is 24.3. The zero-order valence-corrected chi connectivity index (χ0v) is 12.4. The van der Waals surface area contributed by atoms with Crippen molar-refractivity contribution in [1.82, 2.24) is 5.32 Å². The summed E-state index contributed by atoms with van der Waals surface area (Å²) >= 11 is 0. The Bertz CT molecular complexity index is 621. The SMILES string of the molecule is Cc1ccc(N(CCC(=O)NC(N)=O)Cc2ccco2)cc1. The summed E-state index contributed by atoms with van der Waals surface area (Å²) in [5.41, 5.74) is 7.08. The van der Waals surface area contributed by atoms with Gasteiger partial charge in [0.25, 0.3) is 0 Å². The molecule has 0 aliphatic rings. The number of nitrogens with one attached hydrogen (secondary N) is 1. The average molecular weight is 301 g/mol. The van der Waals surface area contributed by atoms with Gasteiger partial charge >= 0.3 is 6.03 Å². The predicted octanol–water partition coefficient (Wildman–Crippen LogP) is 2.18. The number of imide groups is 1. The molecule has 0 saturated heterocycles. The van der Waals surface area contributed by atoms with E-state index in [0.29, 0.717) is 13.1 Å².